The second-order valence-electron chi connectivity index (χ2n) is 22.2. The van der Waals surface area contributed by atoms with Crippen LogP contribution in [0.2, 0.25) is 0 Å². The molecule has 30 nitrogen and oxygen atoms in total. The van der Waals surface area contributed by atoms with E-state index in [0.29, 0.717) is 17.9 Å². The van der Waals surface area contributed by atoms with Crippen LogP contribution in [0, 0.1) is 11.8 Å². The van der Waals surface area contributed by atoms with Gasteiger partial charge in [0.15, 0.2) is 0 Å². The predicted octanol–water partition coefficient (Wildman–Crippen LogP) is -5.54. The van der Waals surface area contributed by atoms with Gasteiger partial charge in [0.25, 0.3) is 0 Å². The van der Waals surface area contributed by atoms with Crippen LogP contribution in [0.3, 0.4) is 0 Å². The van der Waals surface area contributed by atoms with Crippen molar-refractivity contribution in [1.29, 1.82) is 0 Å². The van der Waals surface area contributed by atoms with Crippen LogP contribution in [0.4, 0.5) is 0 Å². The lowest BCUT2D eigenvalue weighted by Crippen LogP contribution is -2.62. The Hall–Kier alpha value is -7.09. The van der Waals surface area contributed by atoms with Crippen molar-refractivity contribution in [3.05, 3.63) is 29.8 Å². The fraction of sp³-hybridized carbons (Fsp3) is 0.696. The number of nitrogens with two attached hydrogens (primary N) is 5. The number of unbranched alkanes of at least 4 members (excludes halogenated alkanes) is 1. The normalized spacial score (nSPS) is 22.8. The second kappa shape index (κ2) is 39.6. The molecule has 13 atom stereocenters. The standard InChI is InChI=1S/C56H98N16O14/c1-7-31(4)10-8-9-11-44(76)63-36(16-22-57)51(81)72-46(33(6)74)56(86)68-39(19-25-60)48(78)67-41-21-27-62-55(85)45(32(5)73)71-52(82)40(20-26-61)65-47(77)37(17-23-58)66-53(83)42(28-30(2)3)69-54(84)43(29-34-12-14-35(75)15-13-34)70-49(79)38(18-24-59)64-50(41)80/h12-15,30-33,36-43,45-46,73-75H,7-11,16-29,57-61H2,1-6H3,(H,62,85)(H,63,76)(H,64,80)(H,65,77)(H,66,83)(H,67,78)(H,68,86)(H,69,84)(H,70,79)(H,71,82)(H,72,81)/t31-,32+,33+,36-,37-,38-,39-,40-,41-,42-,43+,45-,46-/m0/s1. The largest absolute Gasteiger partial charge is 0.508 e. The highest BCUT2D eigenvalue weighted by atomic mass is 16.3. The molecule has 1 fully saturated rings. The van der Waals surface area contributed by atoms with Crippen LogP contribution in [0.15, 0.2) is 24.3 Å². The summed E-state index contributed by atoms with van der Waals surface area (Å²) < 4.78 is 0. The van der Waals surface area contributed by atoms with Gasteiger partial charge in [0, 0.05) is 19.4 Å². The van der Waals surface area contributed by atoms with Crippen LogP contribution in [-0.4, -0.2) is 192 Å². The quantitative estimate of drug-likeness (QED) is 0.0333. The SMILES string of the molecule is CC[C@H](C)CCCCC(=O)N[C@@H](CCN)C(=O)N[C@H](C(=O)N[C@@H](CCN)C(=O)N[C@H]1CCNC(=O)[C@H]([C@@H](C)O)NC(=O)[C@H](CCN)NC(=O)[C@H](CCN)NC(=O)[C@H](CC(C)C)NC(=O)[C@@H](Cc2ccc(O)cc2)NC(=O)[C@H](CCN)NC1=O)[C@@H](C)O. The van der Waals surface area contributed by atoms with Crippen molar-refractivity contribution in [2.45, 2.75) is 198 Å². The minimum atomic E-state index is -1.71. The number of carbonyl (C=O) groups is 11. The summed E-state index contributed by atoms with van der Waals surface area (Å²) in [7, 11) is 0. The van der Waals surface area contributed by atoms with Gasteiger partial charge in [-0.3, -0.25) is 52.7 Å². The molecule has 2 rings (SSSR count). The highest BCUT2D eigenvalue weighted by Crippen LogP contribution is 2.15. The molecular formula is C56H98N16O14. The van der Waals surface area contributed by atoms with Crippen molar-refractivity contribution in [2.75, 3.05) is 39.3 Å². The Balaban J connectivity index is 2.69. The molecule has 1 aliphatic rings. The maximum atomic E-state index is 14.5. The van der Waals surface area contributed by atoms with E-state index in [1.807, 2.05) is 0 Å². The summed E-state index contributed by atoms with van der Waals surface area (Å²) >= 11 is 0. The number of hydrogen-bond acceptors (Lipinski definition) is 19. The van der Waals surface area contributed by atoms with Crippen molar-refractivity contribution >= 4 is 65.0 Å². The predicted molar refractivity (Wildman–Crippen MR) is 318 cm³/mol. The van der Waals surface area contributed by atoms with E-state index in [4.69, 9.17) is 28.7 Å². The lowest BCUT2D eigenvalue weighted by Gasteiger charge is -2.29. The van der Waals surface area contributed by atoms with Gasteiger partial charge >= 0.3 is 0 Å². The zero-order valence-corrected chi connectivity index (χ0v) is 50.5. The number of benzene rings is 1. The number of phenolic OH excluding ortho intramolecular Hbond substituents is 1. The molecule has 0 spiro atoms. The lowest BCUT2D eigenvalue weighted by molar-refractivity contribution is -0.137. The molecule has 30 heteroatoms. The highest BCUT2D eigenvalue weighted by molar-refractivity contribution is 5.99. The first kappa shape index (κ1) is 75.0. The van der Waals surface area contributed by atoms with Gasteiger partial charge in [-0.25, -0.2) is 0 Å². The molecule has 0 aliphatic carbocycles. The van der Waals surface area contributed by atoms with Gasteiger partial charge in [-0.15, -0.1) is 0 Å². The van der Waals surface area contributed by atoms with Crippen molar-refractivity contribution in [3.8, 4) is 5.75 Å². The second-order valence-corrected chi connectivity index (χ2v) is 22.2. The molecule has 11 amide bonds. The number of rotatable bonds is 29. The fourth-order valence-corrected chi connectivity index (χ4v) is 9.14. The van der Waals surface area contributed by atoms with Gasteiger partial charge < -0.3 is 102 Å². The molecule has 486 valence electrons. The first-order valence-corrected chi connectivity index (χ1v) is 29.7. The number of aromatic hydroxyl groups is 1. The minimum absolute atomic E-state index is 0.0113. The third kappa shape index (κ3) is 26.7. The molecule has 0 saturated carbocycles. The van der Waals surface area contributed by atoms with E-state index in [0.717, 1.165) is 19.3 Å². The van der Waals surface area contributed by atoms with Crippen LogP contribution in [0.25, 0.3) is 0 Å². The van der Waals surface area contributed by atoms with E-state index in [-0.39, 0.29) is 95.8 Å². The smallest absolute Gasteiger partial charge is 0.245 e. The topological polar surface area (TPSA) is 511 Å². The number of aliphatic hydroxyl groups is 2. The molecule has 0 bridgehead atoms. The first-order chi connectivity index (χ1) is 40.7. The number of hydrogen-bond donors (Lipinski definition) is 19. The lowest BCUT2D eigenvalue weighted by atomic mass is 10.00. The molecule has 0 unspecified atom stereocenters. The number of phenols is 1. The number of nitrogens with one attached hydrogen (secondary N) is 11. The van der Waals surface area contributed by atoms with E-state index in [2.05, 4.69) is 72.3 Å². The maximum absolute atomic E-state index is 14.5. The summed E-state index contributed by atoms with van der Waals surface area (Å²) in [5.41, 5.74) is 29.8. The van der Waals surface area contributed by atoms with E-state index in [1.54, 1.807) is 13.8 Å². The maximum Gasteiger partial charge on any atom is 0.245 e. The van der Waals surface area contributed by atoms with Crippen molar-refractivity contribution < 1.29 is 68.1 Å². The summed E-state index contributed by atoms with van der Waals surface area (Å²) in [6.07, 6.45) is -1.36. The summed E-state index contributed by atoms with van der Waals surface area (Å²) in [6, 6.07) is -9.41. The average Bonchev–Trinajstić information content (AvgIpc) is 3.59. The molecule has 24 N–H and O–H groups in total. The van der Waals surface area contributed by atoms with Crippen LogP contribution in [0.5, 0.6) is 5.75 Å². The van der Waals surface area contributed by atoms with E-state index in [9.17, 15) is 68.1 Å². The van der Waals surface area contributed by atoms with Crippen LogP contribution >= 0.6 is 0 Å². The summed E-state index contributed by atoms with van der Waals surface area (Å²) in [5, 5.41) is 59.5. The van der Waals surface area contributed by atoms with E-state index < -0.39 is 151 Å². The summed E-state index contributed by atoms with van der Waals surface area (Å²) in [6.45, 7) is 8.84. The summed E-state index contributed by atoms with van der Waals surface area (Å²) in [5.74, 6) is -9.85. The number of amides is 11. The Bertz CT molecular complexity index is 2370. The number of carbonyl (C=O) groups excluding carboxylic acids is 11. The van der Waals surface area contributed by atoms with Gasteiger partial charge in [0.2, 0.25) is 65.0 Å². The molecule has 1 aromatic rings. The molecule has 1 aromatic carbocycles. The van der Waals surface area contributed by atoms with Gasteiger partial charge in [-0.1, -0.05) is 59.1 Å². The average molecular weight is 1220 g/mol. The Labute approximate surface area is 503 Å². The van der Waals surface area contributed by atoms with Crippen molar-refractivity contribution in [2.24, 2.45) is 40.5 Å². The Kier molecular flexibility index (Phi) is 34.5. The Morgan fingerprint density at radius 1 is 0.570 bits per heavy atom. The molecular weight excluding hydrogens is 1120 g/mol. The molecule has 0 radical (unpaired) electrons. The molecule has 0 aromatic heterocycles. The van der Waals surface area contributed by atoms with Gasteiger partial charge in [-0.2, -0.15) is 0 Å². The third-order valence-electron chi connectivity index (χ3n) is 14.3. The Morgan fingerprint density at radius 2 is 1.06 bits per heavy atom. The highest BCUT2D eigenvalue weighted by Gasteiger charge is 2.37. The van der Waals surface area contributed by atoms with Gasteiger partial charge in [0.05, 0.1) is 12.2 Å². The summed E-state index contributed by atoms with van der Waals surface area (Å²) in [4.78, 5) is 154. The van der Waals surface area contributed by atoms with Gasteiger partial charge in [-0.05, 0) is 127 Å². The van der Waals surface area contributed by atoms with Crippen molar-refractivity contribution in [3.63, 3.8) is 0 Å². The minimum Gasteiger partial charge on any atom is -0.508 e. The zero-order chi connectivity index (χ0) is 64.6. The zero-order valence-electron chi connectivity index (χ0n) is 50.5. The molecule has 1 aliphatic heterocycles. The van der Waals surface area contributed by atoms with E-state index in [1.165, 1.54) is 38.1 Å². The third-order valence-corrected chi connectivity index (χ3v) is 14.3. The van der Waals surface area contributed by atoms with E-state index >= 15 is 0 Å². The molecule has 1 heterocycles. The van der Waals surface area contributed by atoms with Crippen LogP contribution < -0.4 is 87.2 Å². The number of aliphatic hydroxyl groups excluding tert-OH is 2. The fourth-order valence-electron chi connectivity index (χ4n) is 9.14. The van der Waals surface area contributed by atoms with Crippen LogP contribution in [0.1, 0.15) is 124 Å². The Morgan fingerprint density at radius 3 is 1.56 bits per heavy atom. The molecule has 86 heavy (non-hydrogen) atoms. The monoisotopic (exact) mass is 1220 g/mol. The van der Waals surface area contributed by atoms with Crippen LogP contribution in [-0.2, 0) is 59.2 Å². The van der Waals surface area contributed by atoms with Crippen molar-refractivity contribution in [1.82, 2.24) is 58.5 Å². The van der Waals surface area contributed by atoms with Gasteiger partial charge in [0.1, 0.15) is 66.2 Å². The molecule has 1 saturated heterocycles. The first-order valence-electron chi connectivity index (χ1n) is 29.7.